The van der Waals surface area contributed by atoms with Crippen molar-refractivity contribution in [1.82, 2.24) is 14.2 Å². The quantitative estimate of drug-likeness (QED) is 0.806. The number of sulfonamides is 1. The highest BCUT2D eigenvalue weighted by Crippen LogP contribution is 2.20. The minimum absolute atomic E-state index is 0.247. The van der Waals surface area contributed by atoms with Crippen LogP contribution in [0, 0.1) is 5.92 Å². The van der Waals surface area contributed by atoms with Crippen molar-refractivity contribution in [3.05, 3.63) is 18.3 Å². The van der Waals surface area contributed by atoms with Crippen molar-refractivity contribution in [2.24, 2.45) is 5.92 Å². The van der Waals surface area contributed by atoms with Gasteiger partial charge in [-0.05, 0) is 30.9 Å². The van der Waals surface area contributed by atoms with Crippen LogP contribution < -0.4 is 5.32 Å². The summed E-state index contributed by atoms with van der Waals surface area (Å²) >= 11 is 0. The van der Waals surface area contributed by atoms with E-state index in [1.165, 1.54) is 10.5 Å². The first-order valence-corrected chi connectivity index (χ1v) is 10.9. The lowest BCUT2D eigenvalue weighted by Gasteiger charge is -2.33. The summed E-state index contributed by atoms with van der Waals surface area (Å²) in [6.07, 6.45) is 3.63. The van der Waals surface area contributed by atoms with E-state index in [-0.39, 0.29) is 4.90 Å². The molecule has 26 heavy (non-hydrogen) atoms. The minimum Gasteiger partial charge on any atom is -0.379 e. The molecule has 8 heteroatoms. The Kier molecular flexibility index (Phi) is 6.50. The number of aromatic nitrogens is 1. The molecular formula is C18H30N4O3S. The Morgan fingerprint density at radius 1 is 1.19 bits per heavy atom. The zero-order valence-electron chi connectivity index (χ0n) is 15.7. The molecular weight excluding hydrogens is 352 g/mol. The number of pyridine rings is 1. The van der Waals surface area contributed by atoms with Gasteiger partial charge in [-0.3, -0.25) is 0 Å². The van der Waals surface area contributed by atoms with Gasteiger partial charge in [0, 0.05) is 45.0 Å². The van der Waals surface area contributed by atoms with Crippen LogP contribution in [-0.4, -0.2) is 74.6 Å². The lowest BCUT2D eigenvalue weighted by molar-refractivity contribution is 0.0730. The van der Waals surface area contributed by atoms with E-state index in [0.717, 1.165) is 38.3 Å². The fourth-order valence-electron chi connectivity index (χ4n) is 3.54. The number of nitrogens with zero attached hydrogens (tertiary/aromatic N) is 3. The molecule has 0 bridgehead atoms. The van der Waals surface area contributed by atoms with Gasteiger partial charge in [-0.2, -0.15) is 4.31 Å². The summed E-state index contributed by atoms with van der Waals surface area (Å²) < 4.78 is 31.9. The van der Waals surface area contributed by atoms with Crippen LogP contribution in [0.15, 0.2) is 23.2 Å². The second-order valence-corrected chi connectivity index (χ2v) is 9.45. The molecule has 1 N–H and O–H groups in total. The number of likely N-dealkylation sites (tertiary alicyclic amines) is 1. The van der Waals surface area contributed by atoms with Crippen LogP contribution in [0.5, 0.6) is 0 Å². The molecule has 2 aliphatic heterocycles. The van der Waals surface area contributed by atoms with E-state index >= 15 is 0 Å². The standard InChI is InChI=1S/C18H30N4O3S/c1-15(2)14-21-7-5-16(6-8-21)20-18-4-3-17(13-19-18)26(23,24)22-9-11-25-12-10-22/h3-4,13,15-16H,5-12,14H2,1-2H3,(H,19,20). The molecule has 3 rings (SSSR count). The van der Waals surface area contributed by atoms with Crippen LogP contribution in [0.4, 0.5) is 5.82 Å². The maximum absolute atomic E-state index is 12.6. The Hall–Kier alpha value is -1.22. The fourth-order valence-corrected chi connectivity index (χ4v) is 4.89. The number of morpholine rings is 1. The molecule has 0 radical (unpaired) electrons. The summed E-state index contributed by atoms with van der Waals surface area (Å²) in [5.41, 5.74) is 0. The molecule has 0 saturated carbocycles. The van der Waals surface area contributed by atoms with E-state index in [0.29, 0.717) is 38.3 Å². The molecule has 0 spiro atoms. The third-order valence-corrected chi connectivity index (χ3v) is 6.79. The van der Waals surface area contributed by atoms with Gasteiger partial charge in [-0.15, -0.1) is 0 Å². The molecule has 0 aromatic carbocycles. The van der Waals surface area contributed by atoms with Gasteiger partial charge in [-0.25, -0.2) is 13.4 Å². The largest absolute Gasteiger partial charge is 0.379 e. The topological polar surface area (TPSA) is 74.8 Å². The van der Waals surface area contributed by atoms with Gasteiger partial charge in [-0.1, -0.05) is 13.8 Å². The summed E-state index contributed by atoms with van der Waals surface area (Å²) in [5.74, 6) is 1.44. The van der Waals surface area contributed by atoms with Gasteiger partial charge in [0.2, 0.25) is 10.0 Å². The SMILES string of the molecule is CC(C)CN1CCC(Nc2ccc(S(=O)(=O)N3CCOCC3)cn2)CC1. The highest BCUT2D eigenvalue weighted by atomic mass is 32.2. The summed E-state index contributed by atoms with van der Waals surface area (Å²) in [6.45, 7) is 9.54. The van der Waals surface area contributed by atoms with Crippen LogP contribution in [-0.2, 0) is 14.8 Å². The van der Waals surface area contributed by atoms with Crippen molar-refractivity contribution in [3.8, 4) is 0 Å². The first-order valence-electron chi connectivity index (χ1n) is 9.48. The summed E-state index contributed by atoms with van der Waals surface area (Å²) in [6, 6.07) is 3.81. The Balaban J connectivity index is 1.55. The molecule has 1 aromatic rings. The van der Waals surface area contributed by atoms with E-state index in [2.05, 4.69) is 29.0 Å². The predicted molar refractivity (Wildman–Crippen MR) is 102 cm³/mol. The molecule has 0 unspecified atom stereocenters. The van der Waals surface area contributed by atoms with Crippen molar-refractivity contribution in [3.63, 3.8) is 0 Å². The molecule has 1 aromatic heterocycles. The lowest BCUT2D eigenvalue weighted by Crippen LogP contribution is -2.41. The van der Waals surface area contributed by atoms with Crippen LogP contribution in [0.3, 0.4) is 0 Å². The highest BCUT2D eigenvalue weighted by Gasteiger charge is 2.26. The third kappa shape index (κ3) is 4.94. The smallest absolute Gasteiger partial charge is 0.244 e. The second kappa shape index (κ2) is 8.65. The van der Waals surface area contributed by atoms with Gasteiger partial charge in [0.1, 0.15) is 10.7 Å². The van der Waals surface area contributed by atoms with E-state index < -0.39 is 10.0 Å². The lowest BCUT2D eigenvalue weighted by atomic mass is 10.0. The molecule has 0 amide bonds. The maximum atomic E-state index is 12.6. The highest BCUT2D eigenvalue weighted by molar-refractivity contribution is 7.89. The van der Waals surface area contributed by atoms with Crippen LogP contribution in [0.25, 0.3) is 0 Å². The zero-order valence-corrected chi connectivity index (χ0v) is 16.5. The predicted octanol–water partition coefficient (Wildman–Crippen LogP) is 1.63. The molecule has 7 nitrogen and oxygen atoms in total. The maximum Gasteiger partial charge on any atom is 0.244 e. The van der Waals surface area contributed by atoms with E-state index in [9.17, 15) is 8.42 Å². The number of anilines is 1. The van der Waals surface area contributed by atoms with Crippen molar-refractivity contribution >= 4 is 15.8 Å². The number of hydrogen-bond donors (Lipinski definition) is 1. The Bertz CT molecular complexity index is 664. The van der Waals surface area contributed by atoms with Crippen LogP contribution >= 0.6 is 0 Å². The normalized spacial score (nSPS) is 21.2. The molecule has 2 saturated heterocycles. The van der Waals surface area contributed by atoms with Crippen molar-refractivity contribution < 1.29 is 13.2 Å². The van der Waals surface area contributed by atoms with Gasteiger partial charge in [0.05, 0.1) is 13.2 Å². The Morgan fingerprint density at radius 2 is 1.88 bits per heavy atom. The average Bonchev–Trinajstić information content (AvgIpc) is 2.64. The number of hydrogen-bond acceptors (Lipinski definition) is 6. The molecule has 3 heterocycles. The molecule has 2 aliphatic rings. The van der Waals surface area contributed by atoms with Crippen molar-refractivity contribution in [2.75, 3.05) is 51.3 Å². The van der Waals surface area contributed by atoms with E-state index in [4.69, 9.17) is 4.74 Å². The van der Waals surface area contributed by atoms with Crippen LogP contribution in [0.1, 0.15) is 26.7 Å². The molecule has 0 atom stereocenters. The second-order valence-electron chi connectivity index (χ2n) is 7.51. The zero-order chi connectivity index (χ0) is 18.6. The van der Waals surface area contributed by atoms with Crippen molar-refractivity contribution in [2.45, 2.75) is 37.6 Å². The average molecular weight is 383 g/mol. The number of rotatable bonds is 6. The molecule has 2 fully saturated rings. The van der Waals surface area contributed by atoms with E-state index in [1.807, 2.05) is 0 Å². The van der Waals surface area contributed by atoms with E-state index in [1.54, 1.807) is 12.1 Å². The monoisotopic (exact) mass is 382 g/mol. The Morgan fingerprint density at radius 3 is 2.46 bits per heavy atom. The summed E-state index contributed by atoms with van der Waals surface area (Å²) in [7, 11) is -3.47. The summed E-state index contributed by atoms with van der Waals surface area (Å²) in [4.78, 5) is 7.09. The fraction of sp³-hybridized carbons (Fsp3) is 0.722. The van der Waals surface area contributed by atoms with Gasteiger partial charge in [0.15, 0.2) is 0 Å². The first kappa shape index (κ1) is 19.5. The molecule has 146 valence electrons. The number of nitrogens with one attached hydrogen (secondary N) is 1. The first-order chi connectivity index (χ1) is 12.4. The van der Waals surface area contributed by atoms with Crippen LogP contribution in [0.2, 0.25) is 0 Å². The van der Waals surface area contributed by atoms with Gasteiger partial charge in [0.25, 0.3) is 0 Å². The third-order valence-electron chi connectivity index (χ3n) is 4.91. The number of piperidine rings is 1. The molecule has 0 aliphatic carbocycles. The summed E-state index contributed by atoms with van der Waals surface area (Å²) in [5, 5.41) is 3.45. The van der Waals surface area contributed by atoms with Crippen molar-refractivity contribution in [1.29, 1.82) is 0 Å². The Labute approximate surface area is 156 Å². The van der Waals surface area contributed by atoms with Gasteiger partial charge < -0.3 is 15.0 Å². The number of ether oxygens (including phenoxy) is 1. The van der Waals surface area contributed by atoms with Gasteiger partial charge >= 0.3 is 0 Å². The minimum atomic E-state index is -3.47.